The summed E-state index contributed by atoms with van der Waals surface area (Å²) in [6, 6.07) is 10.2. The van der Waals surface area contributed by atoms with E-state index in [-0.39, 0.29) is 11.7 Å². The number of nitrogens with one attached hydrogen (secondary N) is 1. The number of hydrogen-bond donors (Lipinski definition) is 1. The van der Waals surface area contributed by atoms with Gasteiger partial charge in [-0.25, -0.2) is 4.39 Å². The SMILES string of the molecule is C#C.C/C=C(\C=C\c1cc(OC)c(Cl)cc1NC(C)=O)N1CCN(Cc2ccc(F)cc2)CC1. The van der Waals surface area contributed by atoms with Gasteiger partial charge >= 0.3 is 0 Å². The zero-order valence-electron chi connectivity index (χ0n) is 19.9. The molecule has 0 aromatic heterocycles. The highest BCUT2D eigenvalue weighted by atomic mass is 35.5. The van der Waals surface area contributed by atoms with Crippen molar-refractivity contribution in [2.45, 2.75) is 20.4 Å². The number of terminal acetylenes is 1. The lowest BCUT2D eigenvalue weighted by Crippen LogP contribution is -2.45. The van der Waals surface area contributed by atoms with Crippen LogP contribution in [0.3, 0.4) is 0 Å². The average molecular weight is 484 g/mol. The number of methoxy groups -OCH3 is 1. The van der Waals surface area contributed by atoms with Crippen molar-refractivity contribution in [3.05, 3.63) is 76.2 Å². The number of halogens is 2. The van der Waals surface area contributed by atoms with E-state index < -0.39 is 0 Å². The minimum absolute atomic E-state index is 0.163. The molecule has 0 saturated carbocycles. The molecule has 34 heavy (non-hydrogen) atoms. The number of piperazine rings is 1. The Bertz CT molecular complexity index is 1040. The number of allylic oxidation sites excluding steroid dienone is 2. The van der Waals surface area contributed by atoms with Gasteiger partial charge in [0.15, 0.2) is 0 Å². The molecule has 0 bridgehead atoms. The number of nitrogens with zero attached hydrogens (tertiary/aromatic N) is 2. The predicted octanol–water partition coefficient (Wildman–Crippen LogP) is 5.43. The molecule has 0 atom stereocenters. The van der Waals surface area contributed by atoms with E-state index in [0.29, 0.717) is 16.5 Å². The monoisotopic (exact) mass is 483 g/mol. The molecular formula is C27H31ClFN3O2. The number of rotatable bonds is 7. The maximum absolute atomic E-state index is 13.1. The average Bonchev–Trinajstić information content (AvgIpc) is 2.84. The fraction of sp³-hybridized carbons (Fsp3) is 0.296. The Morgan fingerprint density at radius 2 is 1.82 bits per heavy atom. The molecule has 180 valence electrons. The van der Waals surface area contributed by atoms with Crippen molar-refractivity contribution in [2.24, 2.45) is 0 Å². The van der Waals surface area contributed by atoms with Crippen LogP contribution in [0, 0.1) is 18.7 Å². The lowest BCUT2D eigenvalue weighted by atomic mass is 10.1. The minimum atomic E-state index is -0.206. The molecule has 3 rings (SSSR count). The molecule has 2 aromatic rings. The van der Waals surface area contributed by atoms with Crippen molar-refractivity contribution >= 4 is 29.3 Å². The standard InChI is InChI=1S/C25H29ClFN3O2.C2H2/c1-4-22(10-7-20-15-25(32-3)23(26)16-24(20)28-18(2)31)30-13-11-29(12-14-30)17-19-5-8-21(27)9-6-19;1-2/h4-10,15-16H,11-14,17H2,1-3H3,(H,28,31);1-2H/b10-7+,22-4+;. The maximum Gasteiger partial charge on any atom is 0.221 e. The second-order valence-electron chi connectivity index (χ2n) is 7.69. The van der Waals surface area contributed by atoms with Crippen LogP contribution < -0.4 is 10.1 Å². The molecule has 1 aliphatic heterocycles. The smallest absolute Gasteiger partial charge is 0.221 e. The highest BCUT2D eigenvalue weighted by Crippen LogP contribution is 2.32. The van der Waals surface area contributed by atoms with Crippen LogP contribution in [-0.2, 0) is 11.3 Å². The van der Waals surface area contributed by atoms with Gasteiger partial charge in [0.25, 0.3) is 0 Å². The van der Waals surface area contributed by atoms with Crippen LogP contribution in [0.4, 0.5) is 10.1 Å². The Hall–Kier alpha value is -3.27. The second kappa shape index (κ2) is 13.4. The first-order valence-electron chi connectivity index (χ1n) is 10.9. The lowest BCUT2D eigenvalue weighted by Gasteiger charge is -2.36. The Morgan fingerprint density at radius 1 is 1.18 bits per heavy atom. The fourth-order valence-electron chi connectivity index (χ4n) is 3.73. The van der Waals surface area contributed by atoms with Crippen LogP contribution in [0.1, 0.15) is 25.0 Å². The zero-order chi connectivity index (χ0) is 25.1. The van der Waals surface area contributed by atoms with E-state index in [4.69, 9.17) is 16.3 Å². The van der Waals surface area contributed by atoms with E-state index >= 15 is 0 Å². The van der Waals surface area contributed by atoms with Crippen LogP contribution >= 0.6 is 11.6 Å². The molecule has 1 heterocycles. The molecule has 0 unspecified atom stereocenters. The van der Waals surface area contributed by atoms with Gasteiger partial charge in [0.1, 0.15) is 11.6 Å². The Kier molecular flexibility index (Phi) is 10.7. The highest BCUT2D eigenvalue weighted by Gasteiger charge is 2.18. The zero-order valence-corrected chi connectivity index (χ0v) is 20.6. The van der Waals surface area contributed by atoms with Gasteiger partial charge in [-0.15, -0.1) is 12.8 Å². The molecule has 0 aliphatic carbocycles. The predicted molar refractivity (Wildman–Crippen MR) is 138 cm³/mol. The molecule has 5 nitrogen and oxygen atoms in total. The van der Waals surface area contributed by atoms with Crippen molar-refractivity contribution in [3.8, 4) is 18.6 Å². The summed E-state index contributed by atoms with van der Waals surface area (Å²) < 4.78 is 18.5. The molecule has 1 aliphatic rings. The van der Waals surface area contributed by atoms with E-state index in [1.54, 1.807) is 13.2 Å². The summed E-state index contributed by atoms with van der Waals surface area (Å²) in [5, 5.41) is 3.27. The molecule has 1 fully saturated rings. The van der Waals surface area contributed by atoms with E-state index in [9.17, 15) is 9.18 Å². The van der Waals surface area contributed by atoms with Crippen molar-refractivity contribution in [3.63, 3.8) is 0 Å². The number of benzene rings is 2. The fourth-order valence-corrected chi connectivity index (χ4v) is 3.97. The normalized spacial score (nSPS) is 14.4. The Morgan fingerprint density at radius 3 is 2.38 bits per heavy atom. The lowest BCUT2D eigenvalue weighted by molar-refractivity contribution is -0.114. The van der Waals surface area contributed by atoms with Gasteiger partial charge in [-0.2, -0.15) is 0 Å². The van der Waals surface area contributed by atoms with Gasteiger partial charge in [-0.05, 0) is 42.8 Å². The van der Waals surface area contributed by atoms with E-state index in [2.05, 4.69) is 34.0 Å². The summed E-state index contributed by atoms with van der Waals surface area (Å²) >= 11 is 6.23. The van der Waals surface area contributed by atoms with Gasteiger partial charge in [0.05, 0.1) is 12.1 Å². The number of anilines is 1. The van der Waals surface area contributed by atoms with Gasteiger partial charge in [-0.3, -0.25) is 9.69 Å². The van der Waals surface area contributed by atoms with E-state index in [0.717, 1.165) is 49.5 Å². The Balaban J connectivity index is 0.00000199. The van der Waals surface area contributed by atoms with Crippen molar-refractivity contribution in [2.75, 3.05) is 38.6 Å². The van der Waals surface area contributed by atoms with Crippen LogP contribution in [0.5, 0.6) is 5.75 Å². The summed E-state index contributed by atoms with van der Waals surface area (Å²) in [6.45, 7) is 7.94. The first-order chi connectivity index (χ1) is 16.4. The van der Waals surface area contributed by atoms with Crippen LogP contribution in [-0.4, -0.2) is 49.0 Å². The Labute approximate surface area is 206 Å². The molecule has 0 radical (unpaired) electrons. The molecular weight excluding hydrogens is 453 g/mol. The van der Waals surface area contributed by atoms with Gasteiger partial charge < -0.3 is 15.0 Å². The van der Waals surface area contributed by atoms with E-state index in [1.807, 2.05) is 37.3 Å². The summed E-state index contributed by atoms with van der Waals surface area (Å²) in [4.78, 5) is 16.3. The van der Waals surface area contributed by atoms with Crippen LogP contribution in [0.25, 0.3) is 6.08 Å². The summed E-state index contributed by atoms with van der Waals surface area (Å²) in [7, 11) is 1.57. The van der Waals surface area contributed by atoms with E-state index in [1.165, 1.54) is 19.1 Å². The number of ether oxygens (including phenoxy) is 1. The van der Waals surface area contributed by atoms with Crippen molar-refractivity contribution < 1.29 is 13.9 Å². The topological polar surface area (TPSA) is 44.8 Å². The third-order valence-electron chi connectivity index (χ3n) is 5.42. The van der Waals surface area contributed by atoms with Crippen LogP contribution in [0.15, 0.2) is 54.2 Å². The van der Waals surface area contributed by atoms with Crippen molar-refractivity contribution in [1.82, 2.24) is 9.80 Å². The number of carbonyl (C=O) groups excluding carboxylic acids is 1. The van der Waals surface area contributed by atoms with Crippen molar-refractivity contribution in [1.29, 1.82) is 0 Å². The molecule has 2 aromatic carbocycles. The number of hydrogen-bond acceptors (Lipinski definition) is 4. The van der Waals surface area contributed by atoms with Gasteiger partial charge in [0, 0.05) is 56.6 Å². The molecule has 7 heteroatoms. The quantitative estimate of drug-likeness (QED) is 0.421. The largest absolute Gasteiger partial charge is 0.495 e. The third-order valence-corrected chi connectivity index (χ3v) is 5.72. The molecule has 1 saturated heterocycles. The summed E-state index contributed by atoms with van der Waals surface area (Å²) in [5.41, 5.74) is 3.68. The minimum Gasteiger partial charge on any atom is -0.495 e. The molecule has 0 spiro atoms. The summed E-state index contributed by atoms with van der Waals surface area (Å²) in [6.07, 6.45) is 14.1. The number of amides is 1. The van der Waals surface area contributed by atoms with Crippen LogP contribution in [0.2, 0.25) is 5.02 Å². The maximum atomic E-state index is 13.1. The van der Waals surface area contributed by atoms with Gasteiger partial charge in [0.2, 0.25) is 5.91 Å². The molecule has 1 N–H and O–H groups in total. The molecule has 1 amide bonds. The summed E-state index contributed by atoms with van der Waals surface area (Å²) in [5.74, 6) is 0.185. The first-order valence-corrected chi connectivity index (χ1v) is 11.3. The van der Waals surface area contributed by atoms with Gasteiger partial charge in [-0.1, -0.05) is 35.9 Å². The highest BCUT2D eigenvalue weighted by molar-refractivity contribution is 6.32. The third kappa shape index (κ3) is 7.65. The number of carbonyl (C=O) groups is 1. The first kappa shape index (κ1) is 27.0. The second-order valence-corrected chi connectivity index (χ2v) is 8.10.